The highest BCUT2D eigenvalue weighted by Crippen LogP contribution is 2.33. The highest BCUT2D eigenvalue weighted by molar-refractivity contribution is 6.35. The van der Waals surface area contributed by atoms with Crippen LogP contribution in [0.1, 0.15) is 48.3 Å². The summed E-state index contributed by atoms with van der Waals surface area (Å²) in [6.07, 6.45) is 9.77. The Morgan fingerprint density at radius 3 is 2.83 bits per heavy atom. The van der Waals surface area contributed by atoms with E-state index in [0.717, 1.165) is 25.0 Å². The third-order valence-corrected chi connectivity index (χ3v) is 7.17. The number of aromatic amines is 1. The molecule has 4 aromatic rings. The van der Waals surface area contributed by atoms with Gasteiger partial charge in [0.2, 0.25) is 0 Å². The number of nitrogens with one attached hydrogen (secondary N) is 2. The molecule has 1 saturated heterocycles. The molecule has 0 bridgehead atoms. The Bertz CT molecular complexity index is 1370. The van der Waals surface area contributed by atoms with Gasteiger partial charge in [0.15, 0.2) is 5.69 Å². The minimum atomic E-state index is -0.427. The number of likely N-dealkylation sites (tertiary alicyclic amines) is 1. The van der Waals surface area contributed by atoms with Crippen LogP contribution < -0.4 is 10.1 Å². The lowest BCUT2D eigenvalue weighted by molar-refractivity contribution is 0.102. The van der Waals surface area contributed by atoms with Crippen LogP contribution in [0.25, 0.3) is 10.9 Å². The van der Waals surface area contributed by atoms with E-state index in [0.29, 0.717) is 38.5 Å². The maximum absolute atomic E-state index is 13.1. The lowest BCUT2D eigenvalue weighted by atomic mass is 10.0. The molecular formula is C25H27Cl2N7O2. The van der Waals surface area contributed by atoms with E-state index in [1.807, 2.05) is 23.9 Å². The van der Waals surface area contributed by atoms with Gasteiger partial charge in [0.25, 0.3) is 5.91 Å². The van der Waals surface area contributed by atoms with E-state index in [-0.39, 0.29) is 11.6 Å². The first kappa shape index (κ1) is 24.5. The Morgan fingerprint density at radius 2 is 2.06 bits per heavy atom. The van der Waals surface area contributed by atoms with Gasteiger partial charge in [0, 0.05) is 35.6 Å². The number of H-pyrrole nitrogens is 1. The monoisotopic (exact) mass is 527 g/mol. The second-order valence-corrected chi connectivity index (χ2v) is 9.91. The molecule has 188 valence electrons. The van der Waals surface area contributed by atoms with Gasteiger partial charge in [-0.3, -0.25) is 19.6 Å². The maximum atomic E-state index is 13.1. The Hall–Kier alpha value is -3.14. The number of hydrogen-bond acceptors (Lipinski definition) is 6. The molecule has 0 unspecified atom stereocenters. The molecule has 1 fully saturated rings. The van der Waals surface area contributed by atoms with Crippen LogP contribution in [0.2, 0.25) is 10.0 Å². The SMILES string of the molecule is C[C@@H](Oc1ccc2[nH]nc(C(=O)Nc3cnn(C[C@H]4CCCCN4C)c3)c2c1)c1c(Cl)cncc1Cl. The minimum absolute atomic E-state index is 0.267. The Labute approximate surface area is 218 Å². The third-order valence-electron chi connectivity index (χ3n) is 6.57. The van der Waals surface area contributed by atoms with E-state index >= 15 is 0 Å². The van der Waals surface area contributed by atoms with Gasteiger partial charge < -0.3 is 15.0 Å². The number of fused-ring (bicyclic) bond motifs is 1. The highest BCUT2D eigenvalue weighted by atomic mass is 35.5. The molecule has 0 aliphatic carbocycles. The number of hydrogen-bond donors (Lipinski definition) is 2. The largest absolute Gasteiger partial charge is 0.486 e. The number of halogens is 2. The van der Waals surface area contributed by atoms with E-state index in [4.69, 9.17) is 27.9 Å². The van der Waals surface area contributed by atoms with Crippen molar-refractivity contribution in [3.8, 4) is 5.75 Å². The zero-order chi connectivity index (χ0) is 25.2. The van der Waals surface area contributed by atoms with Crippen LogP contribution in [0.3, 0.4) is 0 Å². The third kappa shape index (κ3) is 5.18. The van der Waals surface area contributed by atoms with Gasteiger partial charge in [0.05, 0.1) is 34.0 Å². The number of likely N-dealkylation sites (N-methyl/N-ethyl adjacent to an activating group) is 1. The van der Waals surface area contributed by atoms with Gasteiger partial charge in [-0.15, -0.1) is 0 Å². The summed E-state index contributed by atoms with van der Waals surface area (Å²) in [5.41, 5.74) is 2.26. The van der Waals surface area contributed by atoms with Crippen LogP contribution in [0, 0.1) is 0 Å². The van der Waals surface area contributed by atoms with Crippen molar-refractivity contribution >= 4 is 45.7 Å². The number of benzene rings is 1. The standard InChI is InChI=1S/C25H27Cl2N7O2/c1-15(23-20(26)11-28-12-21(23)27)36-18-6-7-22-19(9-18)24(32-31-22)25(35)30-16-10-29-34(13-16)14-17-5-3-4-8-33(17)2/h6-7,9-13,15,17H,3-5,8,14H2,1-2H3,(H,30,35)(H,31,32)/t15-,17-/m1/s1. The average Bonchev–Trinajstić information content (AvgIpc) is 3.47. The van der Waals surface area contributed by atoms with Gasteiger partial charge in [0.1, 0.15) is 11.9 Å². The molecule has 1 amide bonds. The molecule has 0 spiro atoms. The van der Waals surface area contributed by atoms with E-state index in [2.05, 4.69) is 37.5 Å². The van der Waals surface area contributed by atoms with Gasteiger partial charge in [-0.2, -0.15) is 10.2 Å². The summed E-state index contributed by atoms with van der Waals surface area (Å²) in [5.74, 6) is 0.222. The Morgan fingerprint density at radius 1 is 1.25 bits per heavy atom. The van der Waals surface area contributed by atoms with Crippen molar-refractivity contribution in [1.82, 2.24) is 29.9 Å². The minimum Gasteiger partial charge on any atom is -0.486 e. The fourth-order valence-corrected chi connectivity index (χ4v) is 5.29. The molecular weight excluding hydrogens is 501 g/mol. The molecule has 11 heteroatoms. The average molecular weight is 528 g/mol. The van der Waals surface area contributed by atoms with Crippen LogP contribution in [-0.2, 0) is 6.54 Å². The molecule has 1 aliphatic heterocycles. The lowest BCUT2D eigenvalue weighted by Crippen LogP contribution is -2.39. The van der Waals surface area contributed by atoms with Gasteiger partial charge in [-0.1, -0.05) is 29.6 Å². The summed E-state index contributed by atoms with van der Waals surface area (Å²) < 4.78 is 7.97. The summed E-state index contributed by atoms with van der Waals surface area (Å²) in [7, 11) is 2.15. The number of rotatable bonds is 7. The molecule has 5 rings (SSSR count). The molecule has 9 nitrogen and oxygen atoms in total. The van der Waals surface area contributed by atoms with Crippen LogP contribution in [0.5, 0.6) is 5.75 Å². The van der Waals surface area contributed by atoms with Crippen molar-refractivity contribution in [3.05, 3.63) is 64.3 Å². The lowest BCUT2D eigenvalue weighted by Gasteiger charge is -2.32. The second-order valence-electron chi connectivity index (χ2n) is 9.09. The number of carbonyl (C=O) groups excluding carboxylic acids is 1. The molecule has 0 saturated carbocycles. The van der Waals surface area contributed by atoms with Crippen molar-refractivity contribution in [3.63, 3.8) is 0 Å². The number of ether oxygens (including phenoxy) is 1. The van der Waals surface area contributed by atoms with Gasteiger partial charge in [-0.05, 0) is 51.6 Å². The predicted molar refractivity (Wildman–Crippen MR) is 140 cm³/mol. The van der Waals surface area contributed by atoms with Crippen molar-refractivity contribution in [1.29, 1.82) is 0 Å². The zero-order valence-electron chi connectivity index (χ0n) is 20.0. The van der Waals surface area contributed by atoms with Crippen molar-refractivity contribution in [2.75, 3.05) is 18.9 Å². The first-order valence-corrected chi connectivity index (χ1v) is 12.6. The van der Waals surface area contributed by atoms with Crippen LogP contribution in [0.15, 0.2) is 43.0 Å². The number of piperidine rings is 1. The summed E-state index contributed by atoms with van der Waals surface area (Å²) in [6, 6.07) is 5.84. The van der Waals surface area contributed by atoms with E-state index < -0.39 is 6.10 Å². The zero-order valence-corrected chi connectivity index (χ0v) is 21.6. The molecule has 1 aromatic carbocycles. The topological polar surface area (TPSA) is 101 Å². The molecule has 36 heavy (non-hydrogen) atoms. The normalized spacial score (nSPS) is 17.3. The number of aromatic nitrogens is 5. The first-order valence-electron chi connectivity index (χ1n) is 11.9. The number of amides is 1. The Balaban J connectivity index is 1.30. The number of carbonyl (C=O) groups is 1. The first-order chi connectivity index (χ1) is 17.4. The molecule has 2 N–H and O–H groups in total. The molecule has 2 atom stereocenters. The van der Waals surface area contributed by atoms with E-state index in [1.54, 1.807) is 18.3 Å². The Kier molecular flexibility index (Phi) is 7.13. The predicted octanol–water partition coefficient (Wildman–Crippen LogP) is 5.34. The number of anilines is 1. The molecule has 4 heterocycles. The van der Waals surface area contributed by atoms with Gasteiger partial charge >= 0.3 is 0 Å². The van der Waals surface area contributed by atoms with Crippen molar-refractivity contribution < 1.29 is 9.53 Å². The quantitative estimate of drug-likeness (QED) is 0.336. The van der Waals surface area contributed by atoms with E-state index in [1.165, 1.54) is 25.2 Å². The molecule has 0 radical (unpaired) electrons. The summed E-state index contributed by atoms with van der Waals surface area (Å²) >= 11 is 12.5. The number of pyridine rings is 1. The van der Waals surface area contributed by atoms with E-state index in [9.17, 15) is 4.79 Å². The summed E-state index contributed by atoms with van der Waals surface area (Å²) in [5, 5.41) is 16.0. The van der Waals surface area contributed by atoms with Crippen molar-refractivity contribution in [2.24, 2.45) is 0 Å². The number of nitrogens with zero attached hydrogens (tertiary/aromatic N) is 5. The highest BCUT2D eigenvalue weighted by Gasteiger charge is 2.21. The van der Waals surface area contributed by atoms with Crippen LogP contribution >= 0.6 is 23.2 Å². The second kappa shape index (κ2) is 10.5. The van der Waals surface area contributed by atoms with Crippen molar-refractivity contribution in [2.45, 2.75) is 44.9 Å². The maximum Gasteiger partial charge on any atom is 0.276 e. The fraction of sp³-hybridized carbons (Fsp3) is 0.360. The molecule has 1 aliphatic rings. The summed E-state index contributed by atoms with van der Waals surface area (Å²) in [6.45, 7) is 3.75. The smallest absolute Gasteiger partial charge is 0.276 e. The molecule has 3 aromatic heterocycles. The fourth-order valence-electron chi connectivity index (χ4n) is 4.62. The van der Waals surface area contributed by atoms with Gasteiger partial charge in [-0.25, -0.2) is 0 Å². The van der Waals surface area contributed by atoms with Crippen LogP contribution in [0.4, 0.5) is 5.69 Å². The summed E-state index contributed by atoms with van der Waals surface area (Å²) in [4.78, 5) is 19.4. The van der Waals surface area contributed by atoms with Crippen LogP contribution in [-0.4, -0.2) is 55.4 Å².